The summed E-state index contributed by atoms with van der Waals surface area (Å²) in [7, 11) is 1.60. The number of carbonyl (C=O) groups is 1. The number of anilines is 1. The predicted molar refractivity (Wildman–Crippen MR) is 127 cm³/mol. The van der Waals surface area contributed by atoms with Gasteiger partial charge in [0, 0.05) is 5.56 Å². The van der Waals surface area contributed by atoms with E-state index >= 15 is 0 Å². The lowest BCUT2D eigenvalue weighted by molar-refractivity contribution is -0.203. The van der Waals surface area contributed by atoms with E-state index in [0.29, 0.717) is 12.0 Å². The van der Waals surface area contributed by atoms with Gasteiger partial charge in [-0.15, -0.1) is 0 Å². The summed E-state index contributed by atoms with van der Waals surface area (Å²) in [6.07, 6.45) is -4.49. The number of hydroxylamine groups is 1. The number of carbonyl (C=O) groups excluding carboxylic acids is 1. The minimum atomic E-state index is -5.16. The van der Waals surface area contributed by atoms with Gasteiger partial charge in [-0.3, -0.25) is 0 Å². The summed E-state index contributed by atoms with van der Waals surface area (Å²) in [6.45, 7) is 1.59. The van der Waals surface area contributed by atoms with Crippen molar-refractivity contribution in [3.63, 3.8) is 0 Å². The first kappa shape index (κ1) is 24.1. The van der Waals surface area contributed by atoms with Crippen LogP contribution >= 0.6 is 0 Å². The number of alkyl halides is 3. The molecule has 1 heterocycles. The van der Waals surface area contributed by atoms with Gasteiger partial charge >= 0.3 is 12.1 Å². The molecule has 3 aromatic carbocycles. The number of benzene rings is 3. The minimum Gasteiger partial charge on any atom is -0.497 e. The molecule has 1 unspecified atom stereocenters. The van der Waals surface area contributed by atoms with Crippen molar-refractivity contribution in [2.75, 3.05) is 12.2 Å². The second-order valence-electron chi connectivity index (χ2n) is 8.33. The number of rotatable bonds is 6. The Bertz CT molecular complexity index is 1280. The van der Waals surface area contributed by atoms with Crippen LogP contribution in [0.3, 0.4) is 0 Å². The smallest absolute Gasteiger partial charge is 0.493 e. The number of nitrogens with two attached hydrogens (primary N) is 1. The molecule has 0 amide bonds. The number of para-hydroxylation sites is 1. The second-order valence-corrected chi connectivity index (χ2v) is 8.33. The van der Waals surface area contributed by atoms with Crippen LogP contribution in [0, 0.1) is 0 Å². The third-order valence-electron chi connectivity index (χ3n) is 5.82. The van der Waals surface area contributed by atoms with Crippen LogP contribution in [0.25, 0.3) is 11.1 Å². The Morgan fingerprint density at radius 2 is 1.71 bits per heavy atom. The number of fused-ring (bicyclic) bond motifs is 1. The van der Waals surface area contributed by atoms with Crippen molar-refractivity contribution in [2.45, 2.75) is 31.6 Å². The number of nitrogens with zero attached hydrogens (tertiary/aromatic N) is 2. The molecule has 6 nitrogen and oxygen atoms in total. The lowest BCUT2D eigenvalue weighted by atomic mass is 9.95. The zero-order valence-corrected chi connectivity index (χ0v) is 19.2. The average molecular weight is 483 g/mol. The first-order chi connectivity index (χ1) is 16.6. The molecule has 1 atom stereocenters. The Morgan fingerprint density at radius 1 is 1.03 bits per heavy atom. The summed E-state index contributed by atoms with van der Waals surface area (Å²) in [4.78, 5) is 21.1. The molecule has 0 saturated carbocycles. The van der Waals surface area contributed by atoms with Crippen LogP contribution in [-0.4, -0.2) is 30.8 Å². The van der Waals surface area contributed by atoms with Gasteiger partial charge in [0.25, 0.3) is 0 Å². The highest BCUT2D eigenvalue weighted by Crippen LogP contribution is 2.38. The third-order valence-corrected chi connectivity index (χ3v) is 5.82. The summed E-state index contributed by atoms with van der Waals surface area (Å²) in [5.41, 5.74) is 8.28. The Labute approximate surface area is 200 Å². The number of aliphatic imine (C=N–C) groups is 1. The van der Waals surface area contributed by atoms with Crippen molar-refractivity contribution in [3.05, 3.63) is 83.9 Å². The Kier molecular flexibility index (Phi) is 6.43. The number of amidine groups is 1. The maximum atomic E-state index is 13.0. The molecular weight excluding hydrogens is 459 g/mol. The first-order valence-corrected chi connectivity index (χ1v) is 10.9. The van der Waals surface area contributed by atoms with Gasteiger partial charge in [-0.25, -0.2) is 9.79 Å². The van der Waals surface area contributed by atoms with Crippen LogP contribution in [0.2, 0.25) is 0 Å². The maximum absolute atomic E-state index is 13.0. The summed E-state index contributed by atoms with van der Waals surface area (Å²) in [5, 5.41) is 0.917. The number of hydrogen-bond acceptors (Lipinski definition) is 6. The van der Waals surface area contributed by atoms with Gasteiger partial charge < -0.3 is 15.3 Å². The van der Waals surface area contributed by atoms with Gasteiger partial charge in [0.1, 0.15) is 11.6 Å². The number of halogens is 3. The summed E-state index contributed by atoms with van der Waals surface area (Å²) >= 11 is 0. The van der Waals surface area contributed by atoms with Gasteiger partial charge in [-0.05, 0) is 60.7 Å². The van der Waals surface area contributed by atoms with E-state index in [0.717, 1.165) is 27.5 Å². The van der Waals surface area contributed by atoms with E-state index in [1.165, 1.54) is 0 Å². The molecule has 4 rings (SSSR count). The van der Waals surface area contributed by atoms with E-state index in [2.05, 4.69) is 4.99 Å². The molecule has 0 saturated heterocycles. The largest absolute Gasteiger partial charge is 0.497 e. The van der Waals surface area contributed by atoms with Gasteiger partial charge in [0.15, 0.2) is 5.66 Å². The minimum absolute atomic E-state index is 0.160. The quantitative estimate of drug-likeness (QED) is 0.518. The maximum Gasteiger partial charge on any atom is 0.493 e. The fourth-order valence-corrected chi connectivity index (χ4v) is 4.02. The molecule has 1 aliphatic heterocycles. The topological polar surface area (TPSA) is 77.2 Å². The molecule has 0 aliphatic carbocycles. The lowest BCUT2D eigenvalue weighted by Crippen LogP contribution is -2.52. The van der Waals surface area contributed by atoms with Crippen molar-refractivity contribution in [3.8, 4) is 16.9 Å². The molecule has 0 radical (unpaired) electrons. The highest BCUT2D eigenvalue weighted by molar-refractivity contribution is 6.04. The van der Waals surface area contributed by atoms with E-state index in [4.69, 9.17) is 15.3 Å². The zero-order chi connectivity index (χ0) is 25.2. The van der Waals surface area contributed by atoms with Gasteiger partial charge in [0.2, 0.25) is 0 Å². The van der Waals surface area contributed by atoms with Crippen LogP contribution < -0.4 is 15.5 Å². The molecule has 9 heteroatoms. The third kappa shape index (κ3) is 5.08. The van der Waals surface area contributed by atoms with E-state index in [1.54, 1.807) is 38.3 Å². The number of methoxy groups -OCH3 is 1. The van der Waals surface area contributed by atoms with Crippen molar-refractivity contribution < 1.29 is 27.5 Å². The van der Waals surface area contributed by atoms with Crippen molar-refractivity contribution in [1.82, 2.24) is 0 Å². The standard InChI is InChI=1S/C26H24F3N3O3/c1-25(14-13-17-7-5-8-18(15-17)19-9-6-10-20(16-19)34-2)31-23(30)21-11-3-4-12-22(21)32(25)35-24(33)26(27,28)29/h3-12,15-16H,13-14H2,1-2H3,(H2,30,31). The Hall–Kier alpha value is -4.01. The van der Waals surface area contributed by atoms with Crippen molar-refractivity contribution >= 4 is 17.5 Å². The Balaban J connectivity index is 1.63. The van der Waals surface area contributed by atoms with Crippen LogP contribution in [0.1, 0.15) is 24.5 Å². The molecule has 0 aromatic heterocycles. The van der Waals surface area contributed by atoms with Crippen LogP contribution in [0.5, 0.6) is 5.75 Å². The van der Waals surface area contributed by atoms with Gasteiger partial charge in [-0.1, -0.05) is 48.5 Å². The molecular formula is C26H24F3N3O3. The van der Waals surface area contributed by atoms with Crippen molar-refractivity contribution in [2.24, 2.45) is 10.7 Å². The second kappa shape index (κ2) is 9.32. The number of aryl methyl sites for hydroxylation is 1. The predicted octanol–water partition coefficient (Wildman–Crippen LogP) is 5.26. The number of ether oxygens (including phenoxy) is 1. The van der Waals surface area contributed by atoms with E-state index < -0.39 is 17.8 Å². The fraction of sp³-hybridized carbons (Fsp3) is 0.231. The van der Waals surface area contributed by atoms with E-state index in [9.17, 15) is 18.0 Å². The highest BCUT2D eigenvalue weighted by atomic mass is 19.4. The molecule has 182 valence electrons. The zero-order valence-electron chi connectivity index (χ0n) is 19.2. The lowest BCUT2D eigenvalue weighted by Gasteiger charge is -2.41. The van der Waals surface area contributed by atoms with Crippen LogP contribution in [0.15, 0.2) is 77.8 Å². The van der Waals surface area contributed by atoms with Crippen LogP contribution in [-0.2, 0) is 16.1 Å². The molecule has 2 N–H and O–H groups in total. The molecule has 0 fully saturated rings. The normalized spacial score (nSPS) is 17.4. The molecule has 1 aliphatic rings. The molecule has 0 spiro atoms. The van der Waals surface area contributed by atoms with Crippen molar-refractivity contribution in [1.29, 1.82) is 0 Å². The van der Waals surface area contributed by atoms with E-state index in [-0.39, 0.29) is 17.9 Å². The molecule has 0 bridgehead atoms. The summed E-state index contributed by atoms with van der Waals surface area (Å²) < 4.78 is 44.4. The molecule has 3 aromatic rings. The highest BCUT2D eigenvalue weighted by Gasteiger charge is 2.47. The Morgan fingerprint density at radius 3 is 2.43 bits per heavy atom. The van der Waals surface area contributed by atoms with Gasteiger partial charge in [-0.2, -0.15) is 18.2 Å². The summed E-state index contributed by atoms with van der Waals surface area (Å²) in [5.74, 6) is -1.44. The average Bonchev–Trinajstić information content (AvgIpc) is 2.85. The fourth-order valence-electron chi connectivity index (χ4n) is 4.02. The molecule has 35 heavy (non-hydrogen) atoms. The monoisotopic (exact) mass is 483 g/mol. The van der Waals surface area contributed by atoms with E-state index in [1.807, 2.05) is 48.5 Å². The van der Waals surface area contributed by atoms with Crippen LogP contribution in [0.4, 0.5) is 18.9 Å². The SMILES string of the molecule is COc1cccc(-c2cccc(CCC3(C)N=C(N)c4ccccc4N3OC(=O)C(F)(F)F)c2)c1. The summed E-state index contributed by atoms with van der Waals surface area (Å²) in [6, 6.07) is 21.9. The first-order valence-electron chi connectivity index (χ1n) is 10.9. The number of hydrogen-bond donors (Lipinski definition) is 1. The van der Waals surface area contributed by atoms with Gasteiger partial charge in [0.05, 0.1) is 12.8 Å².